The van der Waals surface area contributed by atoms with Crippen molar-refractivity contribution in [2.75, 3.05) is 66.0 Å². The van der Waals surface area contributed by atoms with Gasteiger partial charge in [0.15, 0.2) is 0 Å². The van der Waals surface area contributed by atoms with Crippen LogP contribution in [0.1, 0.15) is 122 Å². The first-order chi connectivity index (χ1) is 23.7. The molecule has 6 nitrogen and oxygen atoms in total. The Bertz CT molecular complexity index is 997. The van der Waals surface area contributed by atoms with E-state index >= 15 is 0 Å². The fraction of sp³-hybridized carbons (Fsp3) is 0.775. The van der Waals surface area contributed by atoms with E-state index in [9.17, 15) is 4.39 Å². The van der Waals surface area contributed by atoms with E-state index in [1.54, 1.807) is 0 Å². The Morgan fingerprint density at radius 2 is 1.45 bits per heavy atom. The molecule has 9 heteroatoms. The van der Waals surface area contributed by atoms with Gasteiger partial charge in [-0.2, -0.15) is 0 Å². The Balaban J connectivity index is 0. The van der Waals surface area contributed by atoms with Gasteiger partial charge in [-0.25, -0.2) is 4.39 Å². The second-order valence-corrected chi connectivity index (χ2v) is 12.7. The maximum atomic E-state index is 14.5. The van der Waals surface area contributed by atoms with Crippen molar-refractivity contribution in [1.82, 2.24) is 24.9 Å². The largest absolute Gasteiger partial charge is 0.343 e. The predicted molar refractivity (Wildman–Crippen MR) is 220 cm³/mol. The van der Waals surface area contributed by atoms with Crippen molar-refractivity contribution in [1.29, 1.82) is 0 Å². The van der Waals surface area contributed by atoms with E-state index in [4.69, 9.17) is 23.2 Å². The lowest BCUT2D eigenvalue weighted by atomic mass is 9.97. The molecule has 0 spiro atoms. The van der Waals surface area contributed by atoms with Crippen LogP contribution in [0.25, 0.3) is 0 Å². The van der Waals surface area contributed by atoms with Gasteiger partial charge in [-0.15, -0.1) is 0 Å². The quantitative estimate of drug-likeness (QED) is 0.123. The van der Waals surface area contributed by atoms with Crippen LogP contribution in [0.15, 0.2) is 50.4 Å². The van der Waals surface area contributed by atoms with Crippen LogP contribution in [-0.2, 0) is 0 Å². The predicted octanol–water partition coefficient (Wildman–Crippen LogP) is 10.5. The SMILES string of the molecule is C/C=C(\C=C(\Cl)C(C)N1CCN(C2CCN(C/C(C)=C(F)/C=C(/Cl)CC)CC2)C(CC)C1)NC(CN1CCC1)=NC.CC.CC.CC.CC. The monoisotopic (exact) mass is 731 g/mol. The van der Waals surface area contributed by atoms with E-state index < -0.39 is 0 Å². The number of piperazine rings is 1. The molecule has 2 unspecified atom stereocenters. The van der Waals surface area contributed by atoms with Crippen LogP contribution in [0.5, 0.6) is 0 Å². The number of piperidine rings is 1. The van der Waals surface area contributed by atoms with Gasteiger partial charge in [0.25, 0.3) is 0 Å². The molecule has 0 aromatic rings. The first kappa shape index (κ1) is 49.9. The van der Waals surface area contributed by atoms with E-state index in [1.807, 2.05) is 83.2 Å². The third-order valence-corrected chi connectivity index (χ3v) is 9.78. The number of nitrogens with one attached hydrogen (secondary N) is 1. The second-order valence-electron chi connectivity index (χ2n) is 11.7. The van der Waals surface area contributed by atoms with Crippen LogP contribution in [0, 0.1) is 0 Å². The molecule has 3 aliphatic rings. The molecule has 288 valence electrons. The summed E-state index contributed by atoms with van der Waals surface area (Å²) in [7, 11) is 1.85. The van der Waals surface area contributed by atoms with E-state index in [0.29, 0.717) is 30.1 Å². The minimum Gasteiger partial charge on any atom is -0.343 e. The maximum absolute atomic E-state index is 14.5. The van der Waals surface area contributed by atoms with Gasteiger partial charge in [0.1, 0.15) is 11.7 Å². The summed E-state index contributed by atoms with van der Waals surface area (Å²) in [5, 5.41) is 4.91. The summed E-state index contributed by atoms with van der Waals surface area (Å²) in [6.07, 6.45) is 10.9. The first-order valence-corrected chi connectivity index (χ1v) is 20.4. The number of rotatable bonds is 12. The summed E-state index contributed by atoms with van der Waals surface area (Å²) in [6, 6.07) is 1.26. The normalized spacial score (nSPS) is 21.6. The number of nitrogens with zero attached hydrogens (tertiary/aromatic N) is 5. The van der Waals surface area contributed by atoms with Crippen LogP contribution in [-0.4, -0.2) is 110 Å². The summed E-state index contributed by atoms with van der Waals surface area (Å²) in [5.74, 6) is 0.789. The minimum atomic E-state index is -0.189. The Morgan fingerprint density at radius 3 is 1.92 bits per heavy atom. The lowest BCUT2D eigenvalue weighted by Gasteiger charge is -2.48. The fourth-order valence-electron chi connectivity index (χ4n) is 5.99. The zero-order valence-corrected chi connectivity index (χ0v) is 35.7. The molecule has 3 rings (SSSR count). The molecule has 0 radical (unpaired) electrons. The zero-order chi connectivity index (χ0) is 37.9. The van der Waals surface area contributed by atoms with Crippen molar-refractivity contribution >= 4 is 29.0 Å². The number of halogens is 3. The summed E-state index contributed by atoms with van der Waals surface area (Å²) in [5.41, 5.74) is 1.76. The lowest BCUT2D eigenvalue weighted by Crippen LogP contribution is -2.59. The fourth-order valence-corrected chi connectivity index (χ4v) is 6.34. The van der Waals surface area contributed by atoms with E-state index in [0.717, 1.165) is 93.8 Å². The van der Waals surface area contributed by atoms with Gasteiger partial charge in [-0.05, 0) is 96.8 Å². The number of aliphatic imine (C=N–C) groups is 1. The van der Waals surface area contributed by atoms with Crippen LogP contribution in [0.4, 0.5) is 4.39 Å². The molecule has 0 amide bonds. The van der Waals surface area contributed by atoms with E-state index in [1.165, 1.54) is 12.5 Å². The molecule has 3 saturated heterocycles. The third-order valence-electron chi connectivity index (χ3n) is 8.98. The standard InChI is InChI=1S/C32H53Cl2FN6.4C2H6/c1-7-26(33)19-31(35)24(4)21-39-15-11-29(12-16-39)41-18-17-40(22-28(41)9-3)25(5)30(34)20-27(8-2)37-32(36-6)23-38-13-10-14-38;4*1-2/h8,19-20,25,28-29H,7,9-18,21-23H2,1-6H3,(H,36,37);4*1-2H3/b26-19+,27-8+,30-20+,31-24-;;;;. The second kappa shape index (κ2) is 30.4. The van der Waals surface area contributed by atoms with Crippen molar-refractivity contribution < 1.29 is 4.39 Å². The Hall–Kier alpha value is -1.22. The number of allylic oxidation sites excluding steroid dienone is 5. The first-order valence-electron chi connectivity index (χ1n) is 19.6. The smallest absolute Gasteiger partial charge is 0.124 e. The van der Waals surface area contributed by atoms with Gasteiger partial charge in [0.05, 0.1) is 6.54 Å². The van der Waals surface area contributed by atoms with Crippen LogP contribution < -0.4 is 5.32 Å². The minimum absolute atomic E-state index is 0.156. The van der Waals surface area contributed by atoms with Gasteiger partial charge in [0, 0.05) is 67.1 Å². The molecular weight excluding hydrogens is 654 g/mol. The van der Waals surface area contributed by atoms with Gasteiger partial charge in [-0.1, -0.05) is 98.5 Å². The summed E-state index contributed by atoms with van der Waals surface area (Å²) in [4.78, 5) is 14.5. The highest BCUT2D eigenvalue weighted by Gasteiger charge is 2.34. The van der Waals surface area contributed by atoms with Gasteiger partial charge in [-0.3, -0.25) is 24.6 Å². The highest BCUT2D eigenvalue weighted by molar-refractivity contribution is 6.30. The van der Waals surface area contributed by atoms with Crippen molar-refractivity contribution in [3.8, 4) is 0 Å². The van der Waals surface area contributed by atoms with Crippen molar-refractivity contribution in [2.24, 2.45) is 4.99 Å². The molecule has 0 saturated carbocycles. The highest BCUT2D eigenvalue weighted by atomic mass is 35.5. The molecule has 0 aromatic heterocycles. The Morgan fingerprint density at radius 1 is 0.878 bits per heavy atom. The molecular formula is C40H77Cl2FN6. The van der Waals surface area contributed by atoms with Gasteiger partial charge >= 0.3 is 0 Å². The van der Waals surface area contributed by atoms with Crippen molar-refractivity contribution in [3.05, 3.63) is 45.4 Å². The Kier molecular flexibility index (Phi) is 31.0. The van der Waals surface area contributed by atoms with Crippen molar-refractivity contribution in [3.63, 3.8) is 0 Å². The number of amidine groups is 1. The average molecular weight is 732 g/mol. The number of hydrogen-bond acceptors (Lipinski definition) is 5. The van der Waals surface area contributed by atoms with Crippen LogP contribution in [0.2, 0.25) is 0 Å². The summed E-state index contributed by atoms with van der Waals surface area (Å²) >= 11 is 13.0. The molecule has 3 heterocycles. The van der Waals surface area contributed by atoms with Crippen LogP contribution in [0.3, 0.4) is 0 Å². The summed E-state index contributed by atoms with van der Waals surface area (Å²) in [6.45, 7) is 35.3. The molecule has 1 N–H and O–H groups in total. The lowest BCUT2D eigenvalue weighted by molar-refractivity contribution is 0.00768. The number of likely N-dealkylation sites (tertiary alicyclic amines) is 2. The zero-order valence-electron chi connectivity index (χ0n) is 34.2. The molecule has 0 aromatic carbocycles. The molecule has 0 bridgehead atoms. The molecule has 0 aliphatic carbocycles. The van der Waals surface area contributed by atoms with Gasteiger partial charge in [0.2, 0.25) is 0 Å². The molecule has 3 aliphatic heterocycles. The van der Waals surface area contributed by atoms with E-state index in [2.05, 4.69) is 55.9 Å². The maximum Gasteiger partial charge on any atom is 0.124 e. The molecule has 49 heavy (non-hydrogen) atoms. The molecule has 3 fully saturated rings. The topological polar surface area (TPSA) is 37.4 Å². The highest BCUT2D eigenvalue weighted by Crippen LogP contribution is 2.27. The Labute approximate surface area is 313 Å². The summed E-state index contributed by atoms with van der Waals surface area (Å²) < 4.78 is 14.5. The third kappa shape index (κ3) is 18.2. The van der Waals surface area contributed by atoms with Crippen LogP contribution >= 0.6 is 23.2 Å². The van der Waals surface area contributed by atoms with Gasteiger partial charge < -0.3 is 5.32 Å². The number of hydrogen-bond donors (Lipinski definition) is 1. The van der Waals surface area contributed by atoms with E-state index in [-0.39, 0.29) is 11.9 Å². The average Bonchev–Trinajstić information content (AvgIpc) is 3.14. The molecule has 2 atom stereocenters. The van der Waals surface area contributed by atoms with Crippen molar-refractivity contribution in [2.45, 2.75) is 140 Å².